The van der Waals surface area contributed by atoms with Gasteiger partial charge in [0.1, 0.15) is 6.26 Å². The second kappa shape index (κ2) is 2.43. The first-order valence-corrected chi connectivity index (χ1v) is 1.65. The van der Waals surface area contributed by atoms with Gasteiger partial charge in [-0.05, 0) is 0 Å². The van der Waals surface area contributed by atoms with Crippen molar-refractivity contribution in [3.63, 3.8) is 0 Å². The van der Waals surface area contributed by atoms with E-state index in [1.54, 1.807) is 0 Å². The highest BCUT2D eigenvalue weighted by molar-refractivity contribution is 4.64. The summed E-state index contributed by atoms with van der Waals surface area (Å²) in [6, 6.07) is 0. The summed E-state index contributed by atoms with van der Waals surface area (Å²) in [5.41, 5.74) is 1.81. The van der Waals surface area contributed by atoms with E-state index in [0.717, 1.165) is 0 Å². The minimum Gasteiger partial charge on any atom is -0.405 e. The summed E-state index contributed by atoms with van der Waals surface area (Å²) in [6.45, 7) is 2.86. The monoisotopic (exact) mass is 124 g/mol. The van der Waals surface area contributed by atoms with Crippen molar-refractivity contribution in [3.05, 3.63) is 18.6 Å². The van der Waals surface area contributed by atoms with Crippen molar-refractivity contribution in [1.82, 2.24) is 0 Å². The first-order valence-electron chi connectivity index (χ1n) is 1.65. The number of rotatable bonds is 1. The Hall–Kier alpha value is -0.890. The Morgan fingerprint density at radius 3 is 2.12 bits per heavy atom. The summed E-state index contributed by atoms with van der Waals surface area (Å²) in [6.07, 6.45) is -4.26. The van der Waals surface area contributed by atoms with Crippen LogP contribution in [0.2, 0.25) is 0 Å². The molecule has 0 bridgehead atoms. The Balaban J connectivity index is 3.55. The highest BCUT2D eigenvalue weighted by Crippen LogP contribution is 2.15. The second-order valence-electron chi connectivity index (χ2n) is 0.886. The molecule has 0 aliphatic carbocycles. The molecule has 0 aromatic heterocycles. The second-order valence-corrected chi connectivity index (χ2v) is 0.886. The van der Waals surface area contributed by atoms with Gasteiger partial charge < -0.3 is 4.74 Å². The molecule has 0 aromatic carbocycles. The van der Waals surface area contributed by atoms with Crippen LogP contribution in [-0.4, -0.2) is 6.36 Å². The van der Waals surface area contributed by atoms with Crippen LogP contribution in [0.15, 0.2) is 18.6 Å². The summed E-state index contributed by atoms with van der Waals surface area (Å²) in [5, 5.41) is 0. The first kappa shape index (κ1) is 7.11. The molecule has 4 heteroatoms. The molecule has 0 aliphatic rings. The normalized spacial score (nSPS) is 9.88. The molecule has 0 atom stereocenters. The van der Waals surface area contributed by atoms with E-state index in [-0.39, 0.29) is 0 Å². The minimum atomic E-state index is -4.61. The van der Waals surface area contributed by atoms with E-state index in [4.69, 9.17) is 0 Å². The van der Waals surface area contributed by atoms with Gasteiger partial charge in [-0.3, -0.25) is 0 Å². The largest absolute Gasteiger partial charge is 0.573 e. The topological polar surface area (TPSA) is 9.23 Å². The molecule has 0 aromatic rings. The van der Waals surface area contributed by atoms with Crippen LogP contribution in [0.3, 0.4) is 0 Å². The Morgan fingerprint density at radius 1 is 1.50 bits per heavy atom. The molecule has 0 heterocycles. The van der Waals surface area contributed by atoms with Crippen molar-refractivity contribution >= 4 is 0 Å². The van der Waals surface area contributed by atoms with Crippen molar-refractivity contribution in [1.29, 1.82) is 0 Å². The fourth-order valence-electron chi connectivity index (χ4n) is 0.108. The van der Waals surface area contributed by atoms with Gasteiger partial charge in [0.2, 0.25) is 0 Å². The van der Waals surface area contributed by atoms with Gasteiger partial charge in [-0.15, -0.1) is 13.2 Å². The summed E-state index contributed by atoms with van der Waals surface area (Å²) >= 11 is 0. The summed E-state index contributed by atoms with van der Waals surface area (Å²) in [4.78, 5) is 0. The highest BCUT2D eigenvalue weighted by atomic mass is 19.4. The molecule has 0 saturated carbocycles. The van der Waals surface area contributed by atoms with Crippen LogP contribution in [-0.2, 0) is 4.74 Å². The molecule has 0 rings (SSSR count). The zero-order valence-electron chi connectivity index (χ0n) is 3.83. The van der Waals surface area contributed by atoms with Gasteiger partial charge >= 0.3 is 6.36 Å². The smallest absolute Gasteiger partial charge is 0.405 e. The zero-order chi connectivity index (χ0) is 6.62. The van der Waals surface area contributed by atoms with Gasteiger partial charge in [0.25, 0.3) is 0 Å². The average molecular weight is 124 g/mol. The van der Waals surface area contributed by atoms with Gasteiger partial charge in [-0.25, -0.2) is 0 Å². The lowest BCUT2D eigenvalue weighted by molar-refractivity contribution is -0.298. The van der Waals surface area contributed by atoms with Crippen LogP contribution < -0.4 is 0 Å². The van der Waals surface area contributed by atoms with Crippen LogP contribution >= 0.6 is 0 Å². The van der Waals surface area contributed by atoms with Crippen molar-refractivity contribution in [2.45, 2.75) is 6.36 Å². The van der Waals surface area contributed by atoms with Crippen molar-refractivity contribution in [3.8, 4) is 0 Å². The number of hydrogen-bond donors (Lipinski definition) is 0. The third-order valence-electron chi connectivity index (χ3n) is 0.276. The van der Waals surface area contributed by atoms with Crippen LogP contribution in [0, 0.1) is 0 Å². The first-order chi connectivity index (χ1) is 3.56. The van der Waals surface area contributed by atoms with Crippen LogP contribution in [0.4, 0.5) is 13.2 Å². The van der Waals surface area contributed by atoms with Crippen LogP contribution in [0.25, 0.3) is 0 Å². The number of alkyl halides is 3. The molecule has 8 heavy (non-hydrogen) atoms. The average Bonchev–Trinajstić information content (AvgIpc) is 1.59. The molecule has 0 N–H and O–H groups in total. The highest BCUT2D eigenvalue weighted by Gasteiger charge is 2.28. The minimum absolute atomic E-state index is 0.347. The lowest BCUT2D eigenvalue weighted by Gasteiger charge is -1.99. The van der Waals surface area contributed by atoms with E-state index in [1.165, 1.54) is 0 Å². The lowest BCUT2D eigenvalue weighted by Crippen LogP contribution is -2.07. The quantitative estimate of drug-likeness (QED) is 0.382. The van der Waals surface area contributed by atoms with E-state index in [1.807, 2.05) is 5.73 Å². The third-order valence-corrected chi connectivity index (χ3v) is 0.276. The predicted octanol–water partition coefficient (Wildman–Crippen LogP) is 1.82. The summed E-state index contributed by atoms with van der Waals surface area (Å²) in [7, 11) is 0. The van der Waals surface area contributed by atoms with Gasteiger partial charge in [0.05, 0.1) is 0 Å². The third kappa shape index (κ3) is 5.11. The van der Waals surface area contributed by atoms with Crippen LogP contribution in [0.1, 0.15) is 0 Å². The fourth-order valence-corrected chi connectivity index (χ4v) is 0.108. The molecule has 0 spiro atoms. The van der Waals surface area contributed by atoms with Gasteiger partial charge in [0.15, 0.2) is 0 Å². The molecule has 0 aliphatic heterocycles. The molecule has 0 unspecified atom stereocenters. The summed E-state index contributed by atoms with van der Waals surface area (Å²) in [5.74, 6) is 0. The maximum Gasteiger partial charge on any atom is 0.573 e. The molecular formula is C4H3F3O. The zero-order valence-corrected chi connectivity index (χ0v) is 3.83. The van der Waals surface area contributed by atoms with E-state index in [0.29, 0.717) is 6.26 Å². The van der Waals surface area contributed by atoms with E-state index in [9.17, 15) is 13.2 Å². The van der Waals surface area contributed by atoms with E-state index in [2.05, 4.69) is 11.3 Å². The summed E-state index contributed by atoms with van der Waals surface area (Å²) < 4.78 is 35.8. The Labute approximate surface area is 44.1 Å². The molecule has 0 radical (unpaired) electrons. The van der Waals surface area contributed by atoms with Crippen molar-refractivity contribution < 1.29 is 17.9 Å². The Bertz CT molecular complexity index is 109. The van der Waals surface area contributed by atoms with Gasteiger partial charge in [-0.2, -0.15) is 0 Å². The van der Waals surface area contributed by atoms with Crippen molar-refractivity contribution in [2.75, 3.05) is 0 Å². The number of hydrogen-bond acceptors (Lipinski definition) is 1. The number of ether oxygens (including phenoxy) is 1. The predicted molar refractivity (Wildman–Crippen MR) is 20.8 cm³/mol. The van der Waals surface area contributed by atoms with Gasteiger partial charge in [0, 0.05) is 0 Å². The molecule has 1 nitrogen and oxygen atoms in total. The standard InChI is InChI=1S/C4H3F3O/c1-2-3-8-4(5,6)7/h3H,1H2. The Morgan fingerprint density at radius 2 is 2.00 bits per heavy atom. The molecule has 0 amide bonds. The van der Waals surface area contributed by atoms with Crippen LogP contribution in [0.5, 0.6) is 0 Å². The Kier molecular flexibility index (Phi) is 2.16. The maximum atomic E-state index is 10.9. The van der Waals surface area contributed by atoms with Gasteiger partial charge in [-0.1, -0.05) is 12.3 Å². The fraction of sp³-hybridized carbons (Fsp3) is 0.250. The molecule has 46 valence electrons. The van der Waals surface area contributed by atoms with Crippen molar-refractivity contribution in [2.24, 2.45) is 0 Å². The molecule has 0 saturated heterocycles. The van der Waals surface area contributed by atoms with E-state index < -0.39 is 6.36 Å². The lowest BCUT2D eigenvalue weighted by atomic mass is 10.9. The number of halogens is 3. The SMILES string of the molecule is C=C=COC(F)(F)F. The molecule has 0 fully saturated rings. The van der Waals surface area contributed by atoms with E-state index >= 15 is 0 Å². The maximum absolute atomic E-state index is 10.9. The molecular weight excluding hydrogens is 121 g/mol.